The van der Waals surface area contributed by atoms with Crippen LogP contribution in [0.3, 0.4) is 0 Å². The van der Waals surface area contributed by atoms with Crippen LogP contribution in [-0.2, 0) is 33.3 Å². The zero-order chi connectivity index (χ0) is 72.5. The van der Waals surface area contributed by atoms with Gasteiger partial charge in [0.2, 0.25) is 0 Å². The van der Waals surface area contributed by atoms with Gasteiger partial charge in [-0.2, -0.15) is 0 Å². The number of ether oxygens (including phenoxy) is 4. The molecule has 596 valence electrons. The quantitative estimate of drug-likeness (QED) is 0.0278. The van der Waals surface area contributed by atoms with Gasteiger partial charge in [0.25, 0.3) is 6.29 Å². The van der Waals surface area contributed by atoms with Crippen molar-refractivity contribution in [1.29, 1.82) is 0 Å². The molecule has 0 aromatic carbocycles. The first-order chi connectivity index (χ1) is 49.1. The van der Waals surface area contributed by atoms with E-state index in [1.807, 2.05) is 21.1 Å². The molecule has 0 aromatic rings. The predicted molar refractivity (Wildman–Crippen MR) is 434 cm³/mol. The number of quaternary nitrogens is 1. The summed E-state index contributed by atoms with van der Waals surface area (Å²) in [6.07, 6.45) is 102. The molecule has 0 fully saturated rings. The summed E-state index contributed by atoms with van der Waals surface area (Å²) in [5.74, 6) is -1.96. The second kappa shape index (κ2) is 82.9. The molecule has 0 bridgehead atoms. The van der Waals surface area contributed by atoms with E-state index >= 15 is 0 Å². The summed E-state index contributed by atoms with van der Waals surface area (Å²) in [7, 11) is 6.01. The Hall–Kier alpha value is -1.71. The molecule has 0 heterocycles. The van der Waals surface area contributed by atoms with Crippen molar-refractivity contribution in [1.82, 2.24) is 0 Å². The fourth-order valence-electron chi connectivity index (χ4n) is 14.7. The smallest absolute Gasteiger partial charge is 0.361 e. The number of aliphatic carboxylic acids is 1. The average Bonchev–Trinajstić information content (AvgIpc) is 1.03. The second-order valence-electron chi connectivity index (χ2n) is 33.0. The summed E-state index contributed by atoms with van der Waals surface area (Å²) in [5, 5.41) is 9.79. The van der Waals surface area contributed by atoms with Gasteiger partial charge in [-0.1, -0.05) is 483 Å². The number of hydrogen-bond donors (Lipinski definition) is 1. The van der Waals surface area contributed by atoms with Gasteiger partial charge in [-0.25, -0.2) is 4.79 Å². The van der Waals surface area contributed by atoms with E-state index in [-0.39, 0.29) is 38.2 Å². The van der Waals surface area contributed by atoms with Crippen molar-refractivity contribution in [3.05, 3.63) is 0 Å². The van der Waals surface area contributed by atoms with Crippen LogP contribution < -0.4 is 0 Å². The average molecular weight is 1420 g/mol. The second-order valence-corrected chi connectivity index (χ2v) is 33.0. The highest BCUT2D eigenvalue weighted by atomic mass is 16.7. The van der Waals surface area contributed by atoms with E-state index in [2.05, 4.69) is 13.8 Å². The van der Waals surface area contributed by atoms with E-state index in [4.69, 9.17) is 18.9 Å². The van der Waals surface area contributed by atoms with E-state index in [0.717, 1.165) is 38.5 Å². The molecule has 0 saturated heterocycles. The lowest BCUT2D eigenvalue weighted by molar-refractivity contribution is -0.870. The van der Waals surface area contributed by atoms with Gasteiger partial charge in [0.1, 0.15) is 13.2 Å². The van der Waals surface area contributed by atoms with Crippen LogP contribution in [0.5, 0.6) is 0 Å². The maximum Gasteiger partial charge on any atom is 0.361 e. The Morgan fingerprint density at radius 2 is 0.450 bits per heavy atom. The van der Waals surface area contributed by atoms with Gasteiger partial charge in [0.05, 0.1) is 34.4 Å². The maximum atomic E-state index is 13.0. The molecule has 0 aliphatic rings. The van der Waals surface area contributed by atoms with Crippen molar-refractivity contribution >= 4 is 17.9 Å². The van der Waals surface area contributed by atoms with Crippen LogP contribution in [-0.4, -0.2) is 87.4 Å². The molecular weight excluding hydrogens is 1230 g/mol. The van der Waals surface area contributed by atoms with Gasteiger partial charge in [0, 0.05) is 12.8 Å². The minimum absolute atomic E-state index is 0.171. The molecule has 9 nitrogen and oxygen atoms in total. The number of unbranched alkanes of at least 4 members (excludes halogenated alkanes) is 73. The van der Waals surface area contributed by atoms with E-state index in [1.165, 1.54) is 443 Å². The molecule has 2 unspecified atom stereocenters. The van der Waals surface area contributed by atoms with E-state index in [1.54, 1.807) is 0 Å². The number of carboxylic acid groups (broad SMARTS) is 1. The van der Waals surface area contributed by atoms with Crippen LogP contribution >= 0.6 is 0 Å². The number of rotatable bonds is 88. The number of nitrogens with zero attached hydrogens (tertiary/aromatic N) is 1. The minimum Gasteiger partial charge on any atom is -0.477 e. The van der Waals surface area contributed by atoms with Crippen LogP contribution in [0.2, 0.25) is 0 Å². The molecule has 0 rings (SSSR count). The van der Waals surface area contributed by atoms with E-state index in [9.17, 15) is 19.5 Å². The van der Waals surface area contributed by atoms with Crippen molar-refractivity contribution in [2.24, 2.45) is 0 Å². The van der Waals surface area contributed by atoms with Crippen LogP contribution in [0, 0.1) is 0 Å². The van der Waals surface area contributed by atoms with Crippen LogP contribution in [0.4, 0.5) is 0 Å². The van der Waals surface area contributed by atoms with Gasteiger partial charge < -0.3 is 28.5 Å². The highest BCUT2D eigenvalue weighted by Crippen LogP contribution is 2.22. The fraction of sp³-hybridized carbons (Fsp3) is 0.967. The van der Waals surface area contributed by atoms with Gasteiger partial charge in [-0.15, -0.1) is 0 Å². The summed E-state index contributed by atoms with van der Waals surface area (Å²) >= 11 is 0. The third-order valence-corrected chi connectivity index (χ3v) is 21.6. The predicted octanol–water partition coefficient (Wildman–Crippen LogP) is 29.7. The van der Waals surface area contributed by atoms with Crippen LogP contribution in [0.1, 0.15) is 508 Å². The van der Waals surface area contributed by atoms with Crippen LogP contribution in [0.15, 0.2) is 0 Å². The van der Waals surface area contributed by atoms with Crippen molar-refractivity contribution in [3.63, 3.8) is 0 Å². The van der Waals surface area contributed by atoms with Gasteiger partial charge >= 0.3 is 17.9 Å². The Balaban J connectivity index is 3.86. The lowest BCUT2D eigenvalue weighted by Gasteiger charge is -2.25. The Kier molecular flexibility index (Phi) is 81.5. The number of carboxylic acids is 1. The lowest BCUT2D eigenvalue weighted by atomic mass is 10.0. The number of hydrogen-bond acceptors (Lipinski definition) is 7. The van der Waals surface area contributed by atoms with Crippen LogP contribution in [0.25, 0.3) is 0 Å². The van der Waals surface area contributed by atoms with E-state index in [0.29, 0.717) is 17.4 Å². The number of carbonyl (C=O) groups excluding carboxylic acids is 2. The fourth-order valence-corrected chi connectivity index (χ4v) is 14.7. The third-order valence-electron chi connectivity index (χ3n) is 21.6. The molecule has 0 amide bonds. The van der Waals surface area contributed by atoms with Crippen molar-refractivity contribution < 1.29 is 42.9 Å². The standard InChI is InChI=1S/C91H179NO8/c1-6-8-10-12-14-16-18-20-22-24-26-28-30-32-34-36-38-40-42-44-46-48-50-52-54-56-58-60-62-64-66-68-70-72-74-76-78-80-82-89(94)100-87(86-99-91(90(95)96)97-84-83-92(3,4)5)85-98-88(93)81-79-77-75-73-71-69-67-65-63-61-59-57-55-53-51-49-47-45-43-41-39-37-35-33-31-29-27-25-23-21-19-17-15-13-11-9-7-2/h87,91H,6-86H2,1-5H3/p+1. The van der Waals surface area contributed by atoms with Gasteiger partial charge in [-0.05, 0) is 12.8 Å². The molecule has 0 aliphatic carbocycles. The molecule has 1 N–H and O–H groups in total. The Labute approximate surface area is 625 Å². The third kappa shape index (κ3) is 83.6. The lowest BCUT2D eigenvalue weighted by Crippen LogP contribution is -2.40. The molecule has 100 heavy (non-hydrogen) atoms. The summed E-state index contributed by atoms with van der Waals surface area (Å²) < 4.78 is 23.1. The first-order valence-corrected chi connectivity index (χ1v) is 45.7. The first kappa shape index (κ1) is 98.3. The largest absolute Gasteiger partial charge is 0.477 e. The monoisotopic (exact) mass is 1420 g/mol. The van der Waals surface area contributed by atoms with Crippen molar-refractivity contribution in [2.75, 3.05) is 47.5 Å². The maximum absolute atomic E-state index is 13.0. The van der Waals surface area contributed by atoms with Crippen molar-refractivity contribution in [2.45, 2.75) is 521 Å². The summed E-state index contributed by atoms with van der Waals surface area (Å²) in [5.41, 5.74) is 0. The number of esters is 2. The summed E-state index contributed by atoms with van der Waals surface area (Å²) in [4.78, 5) is 37.8. The molecule has 2 atom stereocenters. The summed E-state index contributed by atoms with van der Waals surface area (Å²) in [6.45, 7) is 5.00. The number of likely N-dealkylation sites (N-methyl/N-ethyl adjacent to an activating group) is 1. The minimum atomic E-state index is -1.51. The van der Waals surface area contributed by atoms with Gasteiger partial charge in [-0.3, -0.25) is 9.59 Å². The topological polar surface area (TPSA) is 108 Å². The molecule has 0 spiro atoms. The van der Waals surface area contributed by atoms with Gasteiger partial charge in [0.15, 0.2) is 6.10 Å². The summed E-state index contributed by atoms with van der Waals surface area (Å²) in [6, 6.07) is 0. The zero-order valence-electron chi connectivity index (χ0n) is 68.7. The number of carbonyl (C=O) groups is 3. The Morgan fingerprint density at radius 3 is 0.640 bits per heavy atom. The molecule has 0 aliphatic heterocycles. The normalized spacial score (nSPS) is 12.4. The Bertz CT molecular complexity index is 1600. The molecule has 9 heteroatoms. The van der Waals surface area contributed by atoms with Crippen molar-refractivity contribution in [3.8, 4) is 0 Å². The van der Waals surface area contributed by atoms with E-state index < -0.39 is 18.4 Å². The molecule has 0 aromatic heterocycles. The first-order valence-electron chi connectivity index (χ1n) is 45.7. The molecular formula is C91H180NO8+. The molecule has 0 saturated carbocycles. The Morgan fingerprint density at radius 1 is 0.260 bits per heavy atom. The highest BCUT2D eigenvalue weighted by Gasteiger charge is 2.25. The molecule has 0 radical (unpaired) electrons. The SMILES string of the molecule is CCCCCCCCCCCCCCCCCCCCCCCCCCCCCCCCCCCCCCCCC(=O)OC(COC(=O)CCCCCCCCCCCCCCCCCCCCCCCCCCCCCCCCCCCCCCC)COC(OCC[N+](C)(C)C)C(=O)O. The highest BCUT2D eigenvalue weighted by molar-refractivity contribution is 5.71. The zero-order valence-corrected chi connectivity index (χ0v) is 68.7.